The van der Waals surface area contributed by atoms with Gasteiger partial charge in [-0.05, 0) is 37.5 Å². The maximum atomic E-state index is 5.39. The number of hydrogen-bond donors (Lipinski definition) is 1. The average Bonchev–Trinajstić information content (AvgIpc) is 2.87. The monoisotopic (exact) mass is 246 g/mol. The maximum absolute atomic E-state index is 5.39. The maximum Gasteiger partial charge on any atom is 0.231 e. The molecule has 0 saturated heterocycles. The van der Waals surface area contributed by atoms with Crippen LogP contribution < -0.4 is 14.8 Å². The smallest absolute Gasteiger partial charge is 0.231 e. The predicted octanol–water partition coefficient (Wildman–Crippen LogP) is 1.83. The highest BCUT2D eigenvalue weighted by Gasteiger charge is 2.14. The molecule has 0 aromatic heterocycles. The van der Waals surface area contributed by atoms with E-state index in [4.69, 9.17) is 9.47 Å². The second-order valence-electron chi connectivity index (χ2n) is 5.07. The van der Waals surface area contributed by atoms with Crippen LogP contribution in [0, 0.1) is 5.92 Å². The standard InChI is InChI=1S/C15H19NO2/c1-2-4-12(5-3-1)9-16-10-13-6-7-14-15(8-13)18-11-17-14/h1-2,6-8,12,16H,3-5,9-11H2/p+1/t12-/m1/s1. The van der Waals surface area contributed by atoms with Crippen molar-refractivity contribution in [3.63, 3.8) is 0 Å². The van der Waals surface area contributed by atoms with Crippen molar-refractivity contribution in [1.82, 2.24) is 0 Å². The number of benzene rings is 1. The van der Waals surface area contributed by atoms with Gasteiger partial charge in [0.05, 0.1) is 6.54 Å². The van der Waals surface area contributed by atoms with Crippen molar-refractivity contribution in [3.8, 4) is 11.5 Å². The predicted molar refractivity (Wildman–Crippen MR) is 69.5 cm³/mol. The van der Waals surface area contributed by atoms with Gasteiger partial charge in [-0.3, -0.25) is 0 Å². The van der Waals surface area contributed by atoms with Crippen molar-refractivity contribution in [3.05, 3.63) is 35.9 Å². The zero-order valence-corrected chi connectivity index (χ0v) is 10.6. The number of fused-ring (bicyclic) bond motifs is 1. The van der Waals surface area contributed by atoms with Crippen LogP contribution in [-0.4, -0.2) is 13.3 Å². The molecule has 96 valence electrons. The first-order valence-corrected chi connectivity index (χ1v) is 6.77. The molecule has 1 aliphatic heterocycles. The molecule has 18 heavy (non-hydrogen) atoms. The van der Waals surface area contributed by atoms with E-state index in [9.17, 15) is 0 Å². The molecule has 1 aromatic carbocycles. The van der Waals surface area contributed by atoms with Crippen molar-refractivity contribution >= 4 is 0 Å². The summed E-state index contributed by atoms with van der Waals surface area (Å²) in [6, 6.07) is 6.24. The van der Waals surface area contributed by atoms with E-state index in [1.165, 1.54) is 31.4 Å². The van der Waals surface area contributed by atoms with E-state index >= 15 is 0 Å². The van der Waals surface area contributed by atoms with Crippen molar-refractivity contribution in [2.24, 2.45) is 5.92 Å². The summed E-state index contributed by atoms with van der Waals surface area (Å²) in [5.41, 5.74) is 1.31. The minimum absolute atomic E-state index is 0.358. The van der Waals surface area contributed by atoms with E-state index in [2.05, 4.69) is 29.6 Å². The van der Waals surface area contributed by atoms with Gasteiger partial charge in [0, 0.05) is 11.5 Å². The van der Waals surface area contributed by atoms with E-state index in [-0.39, 0.29) is 0 Å². The normalized spacial score (nSPS) is 21.2. The van der Waals surface area contributed by atoms with Crippen LogP contribution in [0.1, 0.15) is 24.8 Å². The van der Waals surface area contributed by atoms with Gasteiger partial charge in [0.2, 0.25) is 6.79 Å². The van der Waals surface area contributed by atoms with Gasteiger partial charge in [-0.25, -0.2) is 0 Å². The highest BCUT2D eigenvalue weighted by molar-refractivity contribution is 5.44. The Morgan fingerprint density at radius 3 is 3.00 bits per heavy atom. The van der Waals surface area contributed by atoms with E-state index in [0.29, 0.717) is 6.79 Å². The quantitative estimate of drug-likeness (QED) is 0.823. The summed E-state index contributed by atoms with van der Waals surface area (Å²) in [7, 11) is 0. The first-order valence-electron chi connectivity index (χ1n) is 6.77. The highest BCUT2D eigenvalue weighted by atomic mass is 16.7. The summed E-state index contributed by atoms with van der Waals surface area (Å²) in [6.45, 7) is 2.60. The largest absolute Gasteiger partial charge is 0.454 e. The lowest BCUT2D eigenvalue weighted by Gasteiger charge is -2.15. The van der Waals surface area contributed by atoms with Gasteiger partial charge in [0.15, 0.2) is 11.5 Å². The fourth-order valence-electron chi connectivity index (χ4n) is 2.62. The number of allylic oxidation sites excluding steroid dienone is 2. The van der Waals surface area contributed by atoms with Crippen LogP contribution in [0.3, 0.4) is 0 Å². The Kier molecular flexibility index (Phi) is 3.51. The molecule has 1 atom stereocenters. The number of hydrogen-bond acceptors (Lipinski definition) is 2. The fraction of sp³-hybridized carbons (Fsp3) is 0.467. The molecule has 3 nitrogen and oxygen atoms in total. The molecule has 3 rings (SSSR count). The number of quaternary nitrogens is 1. The zero-order chi connectivity index (χ0) is 12.2. The molecule has 0 amide bonds. The summed E-state index contributed by atoms with van der Waals surface area (Å²) in [6.07, 6.45) is 8.46. The molecule has 0 saturated carbocycles. The van der Waals surface area contributed by atoms with Gasteiger partial charge in [-0.15, -0.1) is 0 Å². The van der Waals surface area contributed by atoms with Crippen LogP contribution >= 0.6 is 0 Å². The number of rotatable bonds is 4. The molecule has 1 heterocycles. The van der Waals surface area contributed by atoms with Crippen LogP contribution in [0.25, 0.3) is 0 Å². The van der Waals surface area contributed by atoms with Crippen LogP contribution in [0.5, 0.6) is 11.5 Å². The molecule has 1 aromatic rings. The summed E-state index contributed by atoms with van der Waals surface area (Å²) >= 11 is 0. The molecular formula is C15H20NO2+. The van der Waals surface area contributed by atoms with Crippen LogP contribution in [0.4, 0.5) is 0 Å². The Morgan fingerprint density at radius 2 is 2.11 bits per heavy atom. The average molecular weight is 246 g/mol. The van der Waals surface area contributed by atoms with E-state index < -0.39 is 0 Å². The Labute approximate surface area is 108 Å². The molecule has 0 radical (unpaired) electrons. The van der Waals surface area contributed by atoms with Crippen LogP contribution in [0.15, 0.2) is 30.4 Å². The van der Waals surface area contributed by atoms with Crippen molar-refractivity contribution in [2.45, 2.75) is 25.8 Å². The Morgan fingerprint density at radius 1 is 1.17 bits per heavy atom. The molecule has 2 aliphatic rings. The second kappa shape index (κ2) is 5.44. The van der Waals surface area contributed by atoms with Gasteiger partial charge in [0.1, 0.15) is 6.54 Å². The third-order valence-electron chi connectivity index (χ3n) is 3.69. The zero-order valence-electron chi connectivity index (χ0n) is 10.6. The van der Waals surface area contributed by atoms with Gasteiger partial charge in [-0.2, -0.15) is 0 Å². The molecule has 0 fully saturated rings. The minimum atomic E-state index is 0.358. The topological polar surface area (TPSA) is 35.1 Å². The Hall–Kier alpha value is -1.48. The molecule has 2 N–H and O–H groups in total. The van der Waals surface area contributed by atoms with Crippen molar-refractivity contribution in [2.75, 3.05) is 13.3 Å². The summed E-state index contributed by atoms with van der Waals surface area (Å²) in [4.78, 5) is 0. The Bertz CT molecular complexity index is 442. The number of ether oxygens (including phenoxy) is 2. The van der Waals surface area contributed by atoms with E-state index in [0.717, 1.165) is 24.0 Å². The first kappa shape index (κ1) is 11.6. The van der Waals surface area contributed by atoms with Crippen LogP contribution in [0.2, 0.25) is 0 Å². The highest BCUT2D eigenvalue weighted by Crippen LogP contribution is 2.32. The molecule has 0 bridgehead atoms. The van der Waals surface area contributed by atoms with Gasteiger partial charge >= 0.3 is 0 Å². The molecule has 1 aliphatic carbocycles. The molecule has 0 spiro atoms. The summed E-state index contributed by atoms with van der Waals surface area (Å²) in [5.74, 6) is 2.61. The van der Waals surface area contributed by atoms with Gasteiger partial charge < -0.3 is 14.8 Å². The van der Waals surface area contributed by atoms with Crippen LogP contribution in [-0.2, 0) is 6.54 Å². The second-order valence-corrected chi connectivity index (χ2v) is 5.07. The third kappa shape index (κ3) is 2.67. The lowest BCUT2D eigenvalue weighted by molar-refractivity contribution is -0.676. The van der Waals surface area contributed by atoms with Gasteiger partial charge in [0.25, 0.3) is 0 Å². The fourth-order valence-corrected chi connectivity index (χ4v) is 2.62. The molecular weight excluding hydrogens is 226 g/mol. The minimum Gasteiger partial charge on any atom is -0.454 e. The number of nitrogens with two attached hydrogens (primary N) is 1. The molecule has 3 heteroatoms. The molecule has 0 unspecified atom stereocenters. The summed E-state index contributed by atoms with van der Waals surface area (Å²) < 4.78 is 10.7. The lowest BCUT2D eigenvalue weighted by Crippen LogP contribution is -2.84. The van der Waals surface area contributed by atoms with Crippen molar-refractivity contribution in [1.29, 1.82) is 0 Å². The lowest BCUT2D eigenvalue weighted by atomic mass is 9.94. The first-order chi connectivity index (χ1) is 8.92. The van der Waals surface area contributed by atoms with E-state index in [1.54, 1.807) is 0 Å². The SMILES string of the molecule is C1=CC[C@@H](C[NH2+]Cc2ccc3c(c2)OCO3)CC1. The van der Waals surface area contributed by atoms with Crippen molar-refractivity contribution < 1.29 is 14.8 Å². The summed E-state index contributed by atoms with van der Waals surface area (Å²) in [5, 5.41) is 2.40. The van der Waals surface area contributed by atoms with E-state index in [1.807, 2.05) is 6.07 Å². The third-order valence-corrected chi connectivity index (χ3v) is 3.69. The van der Waals surface area contributed by atoms with Gasteiger partial charge in [-0.1, -0.05) is 12.2 Å². The Balaban J connectivity index is 1.49.